The molecule has 0 atom stereocenters. The molecule has 0 saturated carbocycles. The molecule has 3 heteroatoms. The van der Waals surface area contributed by atoms with E-state index in [1.54, 1.807) is 18.5 Å². The third-order valence-electron chi connectivity index (χ3n) is 3.81. The quantitative estimate of drug-likeness (QED) is 0.294. The molecule has 0 amide bonds. The molecule has 0 aliphatic heterocycles. The van der Waals surface area contributed by atoms with E-state index in [0.29, 0.717) is 0 Å². The molecule has 0 rings (SSSR count). The second-order valence-electron chi connectivity index (χ2n) is 5.25. The molecule has 0 nitrogen and oxygen atoms in total. The molecule has 108 valence electrons. The van der Waals surface area contributed by atoms with Crippen LogP contribution in [0.5, 0.6) is 0 Å². The van der Waals surface area contributed by atoms with Gasteiger partial charge in [-0.15, -0.1) is 17.0 Å². The summed E-state index contributed by atoms with van der Waals surface area (Å²) in [6.07, 6.45) is 14.9. The average molecular weight is 392 g/mol. The zero-order valence-electron chi connectivity index (χ0n) is 12.1. The Bertz CT molecular complexity index is 129. The summed E-state index contributed by atoms with van der Waals surface area (Å²) in [6.45, 7) is 7.02. The molecule has 0 unspecified atom stereocenters. The monoisotopic (exact) mass is 390 g/mol. The number of unbranched alkanes of at least 4 members (excludes halogenated alkanes) is 3. The SMILES string of the molecule is Br.CCCC[PH](CCBr)(CCCC)CCCC. The first-order valence-corrected chi connectivity index (χ1v) is 11.3. The van der Waals surface area contributed by atoms with Crippen LogP contribution in [0.1, 0.15) is 59.3 Å². The van der Waals surface area contributed by atoms with E-state index in [1.807, 2.05) is 0 Å². The van der Waals surface area contributed by atoms with Gasteiger partial charge in [0.25, 0.3) is 0 Å². The molecule has 0 aliphatic rings. The van der Waals surface area contributed by atoms with Crippen LogP contribution in [0.25, 0.3) is 0 Å². The van der Waals surface area contributed by atoms with E-state index in [2.05, 4.69) is 36.7 Å². The van der Waals surface area contributed by atoms with Crippen LogP contribution in [0.3, 0.4) is 0 Å². The second kappa shape index (κ2) is 13.8. The van der Waals surface area contributed by atoms with Crippen molar-refractivity contribution < 1.29 is 0 Å². The van der Waals surface area contributed by atoms with Gasteiger partial charge in [-0.05, 0) is 0 Å². The Morgan fingerprint density at radius 2 is 1.06 bits per heavy atom. The first kappa shape index (κ1) is 20.7. The van der Waals surface area contributed by atoms with Crippen molar-refractivity contribution >= 4 is 40.2 Å². The van der Waals surface area contributed by atoms with Crippen molar-refractivity contribution in [2.45, 2.75) is 59.3 Å². The molecule has 0 bridgehead atoms. The van der Waals surface area contributed by atoms with E-state index < -0.39 is 7.26 Å². The molecule has 17 heavy (non-hydrogen) atoms. The first-order chi connectivity index (χ1) is 7.74. The average Bonchev–Trinajstić information content (AvgIpc) is 2.31. The van der Waals surface area contributed by atoms with Crippen LogP contribution >= 0.6 is 40.2 Å². The summed E-state index contributed by atoms with van der Waals surface area (Å²) in [6, 6.07) is 0. The minimum absolute atomic E-state index is 0. The summed E-state index contributed by atoms with van der Waals surface area (Å²) in [5.41, 5.74) is 0. The van der Waals surface area contributed by atoms with E-state index in [-0.39, 0.29) is 17.0 Å². The number of halogens is 2. The van der Waals surface area contributed by atoms with Gasteiger partial charge >= 0.3 is 112 Å². The summed E-state index contributed by atoms with van der Waals surface area (Å²) in [5.74, 6) is 0. The van der Waals surface area contributed by atoms with Crippen molar-refractivity contribution in [2.24, 2.45) is 0 Å². The van der Waals surface area contributed by atoms with Gasteiger partial charge in [-0.25, -0.2) is 0 Å². The molecule has 0 aromatic rings. The number of hydrogen-bond acceptors (Lipinski definition) is 0. The van der Waals surface area contributed by atoms with Gasteiger partial charge < -0.3 is 0 Å². The van der Waals surface area contributed by atoms with E-state index in [1.165, 1.54) is 50.0 Å². The predicted molar refractivity (Wildman–Crippen MR) is 96.6 cm³/mol. The third kappa shape index (κ3) is 9.91. The molecular formula is C14H33Br2P. The van der Waals surface area contributed by atoms with Crippen molar-refractivity contribution in [1.82, 2.24) is 0 Å². The van der Waals surface area contributed by atoms with Gasteiger partial charge in [0.15, 0.2) is 0 Å². The summed E-state index contributed by atoms with van der Waals surface area (Å²) in [5, 5.41) is 1.25. The van der Waals surface area contributed by atoms with Crippen molar-refractivity contribution in [1.29, 1.82) is 0 Å². The van der Waals surface area contributed by atoms with Crippen LogP contribution in [-0.4, -0.2) is 30.0 Å². The maximum absolute atomic E-state index is 3.70. The summed E-state index contributed by atoms with van der Waals surface area (Å²) in [4.78, 5) is 0. The van der Waals surface area contributed by atoms with E-state index in [4.69, 9.17) is 0 Å². The maximum atomic E-state index is 3.70. The Hall–Kier alpha value is 1.39. The second-order valence-corrected chi connectivity index (χ2v) is 11.0. The molecular weight excluding hydrogens is 359 g/mol. The third-order valence-corrected chi connectivity index (χ3v) is 10.5. The summed E-state index contributed by atoms with van der Waals surface area (Å²) >= 11 is 3.70. The molecule has 0 aromatic heterocycles. The standard InChI is InChI=1S/C14H32BrP.BrH/c1-4-7-11-16(14-10-15,12-8-5-2)13-9-6-3;/h16H,4-14H2,1-3H3;1H. The summed E-state index contributed by atoms with van der Waals surface area (Å²) in [7, 11) is -0.905. The van der Waals surface area contributed by atoms with E-state index in [9.17, 15) is 0 Å². The van der Waals surface area contributed by atoms with Gasteiger partial charge in [0, 0.05) is 0 Å². The van der Waals surface area contributed by atoms with Crippen LogP contribution in [0.15, 0.2) is 0 Å². The Kier molecular flexibility index (Phi) is 16.8. The predicted octanol–water partition coefficient (Wildman–Crippen LogP) is 6.11. The number of rotatable bonds is 11. The fourth-order valence-electron chi connectivity index (χ4n) is 2.61. The molecule has 0 aliphatic carbocycles. The van der Waals surface area contributed by atoms with Gasteiger partial charge in [-0.2, -0.15) is 0 Å². The van der Waals surface area contributed by atoms with Crippen LogP contribution in [0.2, 0.25) is 0 Å². The minimum atomic E-state index is -0.905. The fraction of sp³-hybridized carbons (Fsp3) is 1.00. The zero-order valence-corrected chi connectivity index (χ0v) is 16.4. The number of hydrogen-bond donors (Lipinski definition) is 0. The molecule has 0 radical (unpaired) electrons. The van der Waals surface area contributed by atoms with Crippen molar-refractivity contribution in [2.75, 3.05) is 30.0 Å². The normalized spacial score (nSPS) is 12.2. The van der Waals surface area contributed by atoms with Crippen molar-refractivity contribution in [3.05, 3.63) is 0 Å². The van der Waals surface area contributed by atoms with Crippen LogP contribution in [0, 0.1) is 0 Å². The molecule has 0 aromatic carbocycles. The Balaban J connectivity index is 0. The van der Waals surface area contributed by atoms with Crippen LogP contribution < -0.4 is 0 Å². The van der Waals surface area contributed by atoms with Gasteiger partial charge in [0.1, 0.15) is 0 Å². The molecule has 0 saturated heterocycles. The summed E-state index contributed by atoms with van der Waals surface area (Å²) < 4.78 is 0. The van der Waals surface area contributed by atoms with E-state index in [0.717, 1.165) is 0 Å². The van der Waals surface area contributed by atoms with E-state index >= 15 is 0 Å². The van der Waals surface area contributed by atoms with Crippen molar-refractivity contribution in [3.63, 3.8) is 0 Å². The molecule has 0 heterocycles. The van der Waals surface area contributed by atoms with Crippen molar-refractivity contribution in [3.8, 4) is 0 Å². The molecule has 0 spiro atoms. The van der Waals surface area contributed by atoms with Gasteiger partial charge in [0.05, 0.1) is 0 Å². The van der Waals surface area contributed by atoms with Gasteiger partial charge in [-0.3, -0.25) is 0 Å². The van der Waals surface area contributed by atoms with Gasteiger partial charge in [-0.1, -0.05) is 0 Å². The Morgan fingerprint density at radius 1 is 0.706 bits per heavy atom. The topological polar surface area (TPSA) is 0 Å². The first-order valence-electron chi connectivity index (χ1n) is 7.30. The molecule has 0 fully saturated rings. The fourth-order valence-corrected chi connectivity index (χ4v) is 10.3. The molecule has 0 N–H and O–H groups in total. The number of alkyl halides is 1. The zero-order chi connectivity index (χ0) is 12.3. The van der Waals surface area contributed by atoms with Crippen LogP contribution in [0.4, 0.5) is 0 Å². The van der Waals surface area contributed by atoms with Crippen LogP contribution in [-0.2, 0) is 0 Å². The van der Waals surface area contributed by atoms with Gasteiger partial charge in [0.2, 0.25) is 0 Å². The Morgan fingerprint density at radius 3 is 1.29 bits per heavy atom. The Labute approximate surface area is 129 Å².